The third-order valence-corrected chi connectivity index (χ3v) is 6.17. The minimum Gasteiger partial charge on any atom is -0.462 e. The molecule has 3 rings (SSSR count). The molecule has 15 heteroatoms. The zero-order valence-electron chi connectivity index (χ0n) is 22.6. The van der Waals surface area contributed by atoms with Crippen molar-refractivity contribution >= 4 is 46.1 Å². The van der Waals surface area contributed by atoms with Crippen LogP contribution >= 0.6 is 11.3 Å². The summed E-state index contributed by atoms with van der Waals surface area (Å²) in [6.45, 7) is 6.88. The first kappa shape index (κ1) is 30.1. The van der Waals surface area contributed by atoms with Crippen LogP contribution in [0.4, 0.5) is 0 Å². The molecule has 40 heavy (non-hydrogen) atoms. The summed E-state index contributed by atoms with van der Waals surface area (Å²) >= 11 is 0.978. The van der Waals surface area contributed by atoms with E-state index >= 15 is 0 Å². The highest BCUT2D eigenvalue weighted by Gasteiger charge is 2.46. The van der Waals surface area contributed by atoms with E-state index in [1.165, 1.54) is 4.52 Å². The Bertz CT molecular complexity index is 1400. The van der Waals surface area contributed by atoms with E-state index in [1.807, 2.05) is 31.2 Å². The van der Waals surface area contributed by atoms with Gasteiger partial charge in [-0.05, 0) is 6.92 Å². The lowest BCUT2D eigenvalue weighted by Crippen LogP contribution is -2.50. The van der Waals surface area contributed by atoms with Crippen molar-refractivity contribution in [1.29, 1.82) is 0 Å². The molecule has 14 nitrogen and oxygen atoms in total. The first-order valence-corrected chi connectivity index (χ1v) is 12.8. The summed E-state index contributed by atoms with van der Waals surface area (Å²) in [4.78, 5) is 60.3. The fourth-order valence-corrected chi connectivity index (χ4v) is 4.62. The van der Waals surface area contributed by atoms with Crippen LogP contribution in [0, 0.1) is 6.92 Å². The Labute approximate surface area is 232 Å². The molecule has 0 bridgehead atoms. The van der Waals surface area contributed by atoms with E-state index in [4.69, 9.17) is 23.7 Å². The van der Waals surface area contributed by atoms with Gasteiger partial charge in [-0.25, -0.2) is 0 Å². The van der Waals surface area contributed by atoms with Gasteiger partial charge in [-0.15, -0.1) is 10.2 Å². The largest absolute Gasteiger partial charge is 0.462 e. The number of ether oxygens (including phenoxy) is 5. The summed E-state index contributed by atoms with van der Waals surface area (Å²) < 4.78 is 28.2. The second-order valence-corrected chi connectivity index (χ2v) is 9.64. The van der Waals surface area contributed by atoms with Gasteiger partial charge >= 0.3 is 29.8 Å². The van der Waals surface area contributed by atoms with E-state index < -0.39 is 60.9 Å². The number of carbonyl (C=O) groups is 5. The van der Waals surface area contributed by atoms with Gasteiger partial charge in [-0.3, -0.25) is 24.0 Å². The smallest absolute Gasteiger partial charge is 0.303 e. The molecule has 0 amide bonds. The topological polar surface area (TPSA) is 175 Å². The summed E-state index contributed by atoms with van der Waals surface area (Å²) in [5.74, 6) is -3.58. The van der Waals surface area contributed by atoms with Gasteiger partial charge in [0, 0.05) is 40.2 Å². The molecule has 2 aromatic heterocycles. The average molecular weight is 577 g/mol. The van der Waals surface area contributed by atoms with Crippen molar-refractivity contribution in [2.45, 2.75) is 66.0 Å². The number of aryl methyl sites for hydroxylation is 1. The molecule has 0 radical (unpaired) electrons. The van der Waals surface area contributed by atoms with Gasteiger partial charge in [0.25, 0.3) is 0 Å². The lowest BCUT2D eigenvalue weighted by molar-refractivity contribution is -0.203. The molecule has 2 heterocycles. The maximum Gasteiger partial charge on any atom is 0.303 e. The maximum atomic E-state index is 12.2. The number of hydrogen-bond donors (Lipinski definition) is 0. The summed E-state index contributed by atoms with van der Waals surface area (Å²) in [7, 11) is 0. The summed E-state index contributed by atoms with van der Waals surface area (Å²) in [5, 5.41) is 12.9. The summed E-state index contributed by atoms with van der Waals surface area (Å²) in [6, 6.07) is 7.46. The van der Waals surface area contributed by atoms with Crippen molar-refractivity contribution in [2.24, 2.45) is 0 Å². The molecular formula is C25H28N4O10S. The molecule has 214 valence electrons. The monoisotopic (exact) mass is 576 g/mol. The number of aromatic nitrogens is 4. The van der Waals surface area contributed by atoms with Crippen molar-refractivity contribution < 1.29 is 47.7 Å². The zero-order chi connectivity index (χ0) is 29.6. The predicted molar refractivity (Wildman–Crippen MR) is 137 cm³/mol. The van der Waals surface area contributed by atoms with Crippen molar-refractivity contribution in [3.8, 4) is 11.4 Å². The third kappa shape index (κ3) is 7.81. The lowest BCUT2D eigenvalue weighted by Gasteiger charge is -2.34. The number of carbonyl (C=O) groups excluding carboxylic acids is 5. The highest BCUT2D eigenvalue weighted by molar-refractivity contribution is 7.16. The van der Waals surface area contributed by atoms with E-state index in [-0.39, 0.29) is 5.01 Å². The van der Waals surface area contributed by atoms with E-state index in [9.17, 15) is 24.0 Å². The molecule has 0 aliphatic carbocycles. The fourth-order valence-electron chi connectivity index (χ4n) is 3.71. The molecule has 0 spiro atoms. The zero-order valence-corrected chi connectivity index (χ0v) is 23.4. The Kier molecular flexibility index (Phi) is 9.87. The normalized spacial score (nSPS) is 13.9. The molecule has 3 aromatic rings. The number of hydrogen-bond acceptors (Lipinski definition) is 14. The molecule has 0 saturated heterocycles. The van der Waals surface area contributed by atoms with Gasteiger partial charge in [-0.1, -0.05) is 41.2 Å². The van der Waals surface area contributed by atoms with Crippen LogP contribution in [0.1, 0.15) is 51.3 Å². The second kappa shape index (κ2) is 13.1. The number of rotatable bonds is 11. The summed E-state index contributed by atoms with van der Waals surface area (Å²) in [6.07, 6.45) is -6.07. The van der Waals surface area contributed by atoms with Crippen LogP contribution < -0.4 is 0 Å². The summed E-state index contributed by atoms with van der Waals surface area (Å²) in [5.41, 5.74) is 1.75. The van der Waals surface area contributed by atoms with Crippen LogP contribution in [0.3, 0.4) is 0 Å². The van der Waals surface area contributed by atoms with Crippen LogP contribution in [0.25, 0.3) is 16.3 Å². The Hall–Kier alpha value is -4.40. The second-order valence-electron chi connectivity index (χ2n) is 8.65. The SMILES string of the molecule is CC(=O)OC[C@@H](OC(C)=O)[C@@H](OC(C)=O)[C@H](OC(C)=O)[C@@H](OC(C)=O)c1nn2c(-c3ccc(C)cc3)nnc2s1. The molecule has 0 fully saturated rings. The van der Waals surface area contributed by atoms with Gasteiger partial charge < -0.3 is 23.7 Å². The van der Waals surface area contributed by atoms with Gasteiger partial charge in [-0.2, -0.15) is 9.61 Å². The number of esters is 5. The van der Waals surface area contributed by atoms with Crippen LogP contribution in [-0.4, -0.2) is 74.6 Å². The first-order valence-electron chi connectivity index (χ1n) is 12.0. The third-order valence-electron chi connectivity index (χ3n) is 5.21. The van der Waals surface area contributed by atoms with Crippen molar-refractivity contribution in [1.82, 2.24) is 19.8 Å². The van der Waals surface area contributed by atoms with E-state index in [0.29, 0.717) is 16.3 Å². The molecule has 0 N–H and O–H groups in total. The van der Waals surface area contributed by atoms with Crippen LogP contribution in [-0.2, 0) is 47.7 Å². The minimum absolute atomic E-state index is 0.103. The molecule has 4 atom stereocenters. The van der Waals surface area contributed by atoms with Gasteiger partial charge in [0.1, 0.15) is 6.61 Å². The highest BCUT2D eigenvalue weighted by Crippen LogP contribution is 2.34. The Balaban J connectivity index is 2.14. The van der Waals surface area contributed by atoms with E-state index in [2.05, 4.69) is 15.3 Å². The highest BCUT2D eigenvalue weighted by atomic mass is 32.1. The van der Waals surface area contributed by atoms with Crippen LogP contribution in [0.15, 0.2) is 24.3 Å². The standard InChI is InChI=1S/C25H28N4O10S/c1-12-7-9-18(10-8-12)23-26-27-25-29(23)28-24(40-25)22(39-17(6)34)21(38-16(5)33)20(37-15(4)32)19(36-14(3)31)11-35-13(2)30/h7-10,19-22H,11H2,1-6H3/t19-,20-,21+,22-/m1/s1. The van der Waals surface area contributed by atoms with Crippen molar-refractivity contribution in [3.63, 3.8) is 0 Å². The van der Waals surface area contributed by atoms with Gasteiger partial charge in [0.15, 0.2) is 35.2 Å². The average Bonchev–Trinajstić information content (AvgIpc) is 3.43. The molecule has 0 unspecified atom stereocenters. The van der Waals surface area contributed by atoms with Crippen molar-refractivity contribution in [3.05, 3.63) is 34.8 Å². The Morgan fingerprint density at radius 3 is 1.90 bits per heavy atom. The minimum atomic E-state index is -1.59. The van der Waals surface area contributed by atoms with Gasteiger partial charge in [0.2, 0.25) is 4.96 Å². The van der Waals surface area contributed by atoms with E-state index in [1.54, 1.807) is 0 Å². The lowest BCUT2D eigenvalue weighted by atomic mass is 10.0. The number of fused-ring (bicyclic) bond motifs is 1. The predicted octanol–water partition coefficient (Wildman–Crippen LogP) is 2.12. The first-order chi connectivity index (χ1) is 18.8. The van der Waals surface area contributed by atoms with E-state index in [0.717, 1.165) is 51.5 Å². The Morgan fingerprint density at radius 2 is 1.35 bits per heavy atom. The molecule has 1 aromatic carbocycles. The Morgan fingerprint density at radius 1 is 0.775 bits per heavy atom. The quantitative estimate of drug-likeness (QED) is 0.240. The number of nitrogens with zero attached hydrogens (tertiary/aromatic N) is 4. The van der Waals surface area contributed by atoms with Crippen molar-refractivity contribution in [2.75, 3.05) is 6.61 Å². The molecule has 0 saturated carbocycles. The molecule has 0 aliphatic heterocycles. The van der Waals surface area contributed by atoms with Gasteiger partial charge in [0.05, 0.1) is 0 Å². The number of benzene rings is 1. The fraction of sp³-hybridized carbons (Fsp3) is 0.440. The molecular weight excluding hydrogens is 548 g/mol. The van der Waals surface area contributed by atoms with Crippen LogP contribution in [0.2, 0.25) is 0 Å². The van der Waals surface area contributed by atoms with Crippen LogP contribution in [0.5, 0.6) is 0 Å². The maximum absolute atomic E-state index is 12.2. The molecule has 0 aliphatic rings.